The van der Waals surface area contributed by atoms with Crippen LogP contribution in [-0.2, 0) is 9.59 Å². The lowest BCUT2D eigenvalue weighted by Crippen LogP contribution is -2.30. The molecular weight excluding hydrogens is 444 g/mol. The van der Waals surface area contributed by atoms with Gasteiger partial charge >= 0.3 is 0 Å². The van der Waals surface area contributed by atoms with Gasteiger partial charge in [0.25, 0.3) is 11.7 Å². The Kier molecular flexibility index (Phi) is 5.68. The number of methoxy groups -OCH3 is 1. The lowest BCUT2D eigenvalue weighted by atomic mass is 9.94. The van der Waals surface area contributed by atoms with E-state index in [0.29, 0.717) is 41.5 Å². The Labute approximate surface area is 203 Å². The van der Waals surface area contributed by atoms with Crippen molar-refractivity contribution in [3.63, 3.8) is 0 Å². The molecule has 0 spiro atoms. The smallest absolute Gasteiger partial charge is 0.300 e. The standard InChI is InChI=1S/C28H26N2O5/c1-17-6-4-5-7-21(17)30-25(18-8-11-20(34-3)12-9-18)24(27(32)28(30)33)26(31)19-10-13-23-22(16-19)29(2)14-15-35-23/h4-13,16,25,31H,14-15H2,1-3H3/b26-24-. The van der Waals surface area contributed by atoms with E-state index in [-0.39, 0.29) is 11.3 Å². The van der Waals surface area contributed by atoms with Crippen LogP contribution in [0.25, 0.3) is 5.76 Å². The van der Waals surface area contributed by atoms with E-state index in [9.17, 15) is 14.7 Å². The van der Waals surface area contributed by atoms with Crippen LogP contribution in [0.1, 0.15) is 22.7 Å². The van der Waals surface area contributed by atoms with Crippen molar-refractivity contribution in [2.45, 2.75) is 13.0 Å². The van der Waals surface area contributed by atoms with Crippen LogP contribution < -0.4 is 19.3 Å². The number of Topliss-reactive ketones (excluding diaryl/α,β-unsaturated/α-hetero) is 1. The van der Waals surface area contributed by atoms with Crippen LogP contribution in [0.2, 0.25) is 0 Å². The third-order valence-corrected chi connectivity index (χ3v) is 6.58. The van der Waals surface area contributed by atoms with E-state index in [4.69, 9.17) is 9.47 Å². The molecule has 0 saturated carbocycles. The molecule has 0 aromatic heterocycles. The Morgan fingerprint density at radius 2 is 1.77 bits per heavy atom. The summed E-state index contributed by atoms with van der Waals surface area (Å²) in [6.45, 7) is 3.17. The average Bonchev–Trinajstić information content (AvgIpc) is 3.14. The molecule has 7 heteroatoms. The number of carbonyl (C=O) groups is 2. The highest BCUT2D eigenvalue weighted by Crippen LogP contribution is 2.44. The van der Waals surface area contributed by atoms with Crippen molar-refractivity contribution in [3.8, 4) is 11.5 Å². The minimum absolute atomic E-state index is 0.0442. The molecule has 2 aliphatic heterocycles. The van der Waals surface area contributed by atoms with Crippen molar-refractivity contribution in [2.75, 3.05) is 37.1 Å². The van der Waals surface area contributed by atoms with E-state index in [1.54, 1.807) is 37.4 Å². The maximum Gasteiger partial charge on any atom is 0.300 e. The summed E-state index contributed by atoms with van der Waals surface area (Å²) in [7, 11) is 3.52. The zero-order valence-electron chi connectivity index (χ0n) is 19.8. The van der Waals surface area contributed by atoms with E-state index < -0.39 is 17.7 Å². The molecule has 35 heavy (non-hydrogen) atoms. The number of hydrogen-bond donors (Lipinski definition) is 1. The van der Waals surface area contributed by atoms with Crippen LogP contribution >= 0.6 is 0 Å². The molecule has 0 aliphatic carbocycles. The van der Waals surface area contributed by atoms with Gasteiger partial charge in [0.2, 0.25) is 0 Å². The minimum atomic E-state index is -0.799. The zero-order chi connectivity index (χ0) is 24.7. The maximum absolute atomic E-state index is 13.4. The second kappa shape index (κ2) is 8.83. The number of likely N-dealkylation sites (N-methyl/N-ethyl adjacent to an activating group) is 1. The molecule has 2 aliphatic rings. The van der Waals surface area contributed by atoms with Crippen molar-refractivity contribution in [1.29, 1.82) is 0 Å². The predicted molar refractivity (Wildman–Crippen MR) is 134 cm³/mol. The Balaban J connectivity index is 1.70. The van der Waals surface area contributed by atoms with E-state index in [1.807, 2.05) is 55.3 Å². The number of anilines is 2. The van der Waals surface area contributed by atoms with Gasteiger partial charge in [-0.25, -0.2) is 0 Å². The highest BCUT2D eigenvalue weighted by molar-refractivity contribution is 6.51. The van der Waals surface area contributed by atoms with Crippen molar-refractivity contribution in [2.24, 2.45) is 0 Å². The molecule has 1 fully saturated rings. The fourth-order valence-electron chi connectivity index (χ4n) is 4.67. The summed E-state index contributed by atoms with van der Waals surface area (Å²) >= 11 is 0. The summed E-state index contributed by atoms with van der Waals surface area (Å²) in [6.07, 6.45) is 0. The quantitative estimate of drug-likeness (QED) is 0.345. The van der Waals surface area contributed by atoms with E-state index >= 15 is 0 Å². The van der Waals surface area contributed by atoms with Gasteiger partial charge in [0.05, 0.1) is 31.0 Å². The fraction of sp³-hybridized carbons (Fsp3) is 0.214. The molecular formula is C28H26N2O5. The zero-order valence-corrected chi connectivity index (χ0v) is 19.8. The highest BCUT2D eigenvalue weighted by Gasteiger charge is 2.47. The number of para-hydroxylation sites is 1. The van der Waals surface area contributed by atoms with Gasteiger partial charge in [0.1, 0.15) is 23.9 Å². The summed E-state index contributed by atoms with van der Waals surface area (Å²) in [5, 5.41) is 11.5. The Bertz CT molecular complexity index is 1350. The van der Waals surface area contributed by atoms with Gasteiger partial charge in [-0.2, -0.15) is 0 Å². The molecule has 7 nitrogen and oxygen atoms in total. The van der Waals surface area contributed by atoms with Gasteiger partial charge in [-0.15, -0.1) is 0 Å². The first kappa shape index (κ1) is 22.5. The molecule has 3 aromatic rings. The fourth-order valence-corrected chi connectivity index (χ4v) is 4.67. The molecule has 0 bridgehead atoms. The summed E-state index contributed by atoms with van der Waals surface area (Å²) in [6, 6.07) is 19.0. The molecule has 0 radical (unpaired) electrons. The molecule has 1 unspecified atom stereocenters. The third-order valence-electron chi connectivity index (χ3n) is 6.58. The van der Waals surface area contributed by atoms with Gasteiger partial charge < -0.3 is 19.5 Å². The molecule has 178 valence electrons. The summed E-state index contributed by atoms with van der Waals surface area (Å²) in [5.41, 5.74) is 3.46. The van der Waals surface area contributed by atoms with Crippen LogP contribution in [0, 0.1) is 6.92 Å². The second-order valence-electron chi connectivity index (χ2n) is 8.68. The van der Waals surface area contributed by atoms with E-state index in [1.165, 1.54) is 4.90 Å². The van der Waals surface area contributed by atoms with E-state index in [0.717, 1.165) is 11.3 Å². The molecule has 1 saturated heterocycles. The number of aliphatic hydroxyl groups excluding tert-OH is 1. The number of nitrogens with zero attached hydrogens (tertiary/aromatic N) is 2. The number of aryl methyl sites for hydroxylation is 1. The van der Waals surface area contributed by atoms with Crippen LogP contribution in [0.4, 0.5) is 11.4 Å². The number of hydrogen-bond acceptors (Lipinski definition) is 6. The largest absolute Gasteiger partial charge is 0.507 e. The average molecular weight is 471 g/mol. The topological polar surface area (TPSA) is 79.3 Å². The number of amides is 1. The van der Waals surface area contributed by atoms with Crippen LogP contribution in [0.15, 0.2) is 72.3 Å². The molecule has 2 heterocycles. The lowest BCUT2D eigenvalue weighted by Gasteiger charge is -2.28. The van der Waals surface area contributed by atoms with Crippen molar-refractivity contribution >= 4 is 28.8 Å². The first-order valence-electron chi connectivity index (χ1n) is 11.4. The molecule has 1 amide bonds. The SMILES string of the molecule is COc1ccc(C2/C(=C(/O)c3ccc4c(c3)N(C)CCO4)C(=O)C(=O)N2c2ccccc2C)cc1. The predicted octanol–water partition coefficient (Wildman–Crippen LogP) is 4.46. The minimum Gasteiger partial charge on any atom is -0.507 e. The van der Waals surface area contributed by atoms with Crippen LogP contribution in [0.3, 0.4) is 0 Å². The normalized spacial score (nSPS) is 18.9. The number of carbonyl (C=O) groups excluding carboxylic acids is 2. The second-order valence-corrected chi connectivity index (χ2v) is 8.68. The van der Waals surface area contributed by atoms with Crippen LogP contribution in [-0.4, -0.2) is 44.1 Å². The lowest BCUT2D eigenvalue weighted by molar-refractivity contribution is -0.132. The van der Waals surface area contributed by atoms with Crippen molar-refractivity contribution in [1.82, 2.24) is 0 Å². The molecule has 3 aromatic carbocycles. The number of ketones is 1. The summed E-state index contributed by atoms with van der Waals surface area (Å²) < 4.78 is 11.0. The van der Waals surface area contributed by atoms with Gasteiger partial charge in [0, 0.05) is 18.3 Å². The van der Waals surface area contributed by atoms with Crippen LogP contribution in [0.5, 0.6) is 11.5 Å². The maximum atomic E-state index is 13.4. The van der Waals surface area contributed by atoms with Crippen molar-refractivity contribution in [3.05, 3.63) is 89.0 Å². The Hall–Kier alpha value is -4.26. The number of rotatable bonds is 4. The monoisotopic (exact) mass is 470 g/mol. The van der Waals surface area contributed by atoms with Crippen molar-refractivity contribution < 1.29 is 24.2 Å². The summed E-state index contributed by atoms with van der Waals surface area (Å²) in [4.78, 5) is 30.3. The molecule has 1 N–H and O–H groups in total. The Morgan fingerprint density at radius 3 is 2.49 bits per heavy atom. The van der Waals surface area contributed by atoms with Gasteiger partial charge in [-0.1, -0.05) is 30.3 Å². The first-order valence-corrected chi connectivity index (χ1v) is 11.4. The van der Waals surface area contributed by atoms with Gasteiger partial charge in [0.15, 0.2) is 0 Å². The first-order chi connectivity index (χ1) is 16.9. The molecule has 5 rings (SSSR count). The Morgan fingerprint density at radius 1 is 1.03 bits per heavy atom. The number of ether oxygens (including phenoxy) is 2. The number of aliphatic hydroxyl groups is 1. The highest BCUT2D eigenvalue weighted by atomic mass is 16.5. The van der Waals surface area contributed by atoms with E-state index in [2.05, 4.69) is 0 Å². The molecule has 1 atom stereocenters. The van der Waals surface area contributed by atoms with Gasteiger partial charge in [-0.3, -0.25) is 14.5 Å². The third kappa shape index (κ3) is 3.79. The number of fused-ring (bicyclic) bond motifs is 1. The van der Waals surface area contributed by atoms with Gasteiger partial charge in [-0.05, 0) is 54.4 Å². The number of benzene rings is 3. The summed E-state index contributed by atoms with van der Waals surface area (Å²) in [5.74, 6) is -0.266.